The average Bonchev–Trinajstić information content (AvgIpc) is 2.77. The summed E-state index contributed by atoms with van der Waals surface area (Å²) in [5, 5.41) is 3.69. The van der Waals surface area contributed by atoms with Gasteiger partial charge in [0.2, 0.25) is 0 Å². The van der Waals surface area contributed by atoms with Crippen molar-refractivity contribution in [2.75, 3.05) is 6.54 Å². The van der Waals surface area contributed by atoms with Gasteiger partial charge in [0, 0.05) is 30.9 Å². The first-order valence-corrected chi connectivity index (χ1v) is 6.48. The summed E-state index contributed by atoms with van der Waals surface area (Å²) in [6.45, 7) is 5.83. The zero-order valence-corrected chi connectivity index (χ0v) is 10.4. The highest BCUT2D eigenvalue weighted by Gasteiger charge is 2.26. The van der Waals surface area contributed by atoms with E-state index in [1.807, 2.05) is 6.20 Å². The van der Waals surface area contributed by atoms with Crippen molar-refractivity contribution in [3.63, 3.8) is 0 Å². The standard InChI is InChI=1S/C13H23N3/c1-10-4-3-5-13(11(10)2)15-7-6-12-8-14-9-16-12/h8-11,13,15H,3-7H2,1-2H3,(H,14,16). The van der Waals surface area contributed by atoms with Crippen LogP contribution in [0.25, 0.3) is 0 Å². The lowest BCUT2D eigenvalue weighted by Gasteiger charge is -2.34. The fourth-order valence-electron chi connectivity index (χ4n) is 2.68. The lowest BCUT2D eigenvalue weighted by atomic mass is 9.78. The molecule has 3 atom stereocenters. The maximum atomic E-state index is 4.03. The molecule has 0 aliphatic heterocycles. The largest absolute Gasteiger partial charge is 0.348 e. The van der Waals surface area contributed by atoms with Crippen LogP contribution in [0, 0.1) is 11.8 Å². The Bertz CT molecular complexity index is 294. The monoisotopic (exact) mass is 221 g/mol. The summed E-state index contributed by atoms with van der Waals surface area (Å²) in [5.41, 5.74) is 1.23. The molecule has 1 aromatic heterocycles. The van der Waals surface area contributed by atoms with Crippen LogP contribution in [0.15, 0.2) is 12.5 Å². The smallest absolute Gasteiger partial charge is 0.0921 e. The van der Waals surface area contributed by atoms with Crippen LogP contribution < -0.4 is 5.32 Å². The van der Waals surface area contributed by atoms with E-state index in [1.54, 1.807) is 6.33 Å². The molecule has 0 aromatic carbocycles. The van der Waals surface area contributed by atoms with Gasteiger partial charge in [0.25, 0.3) is 0 Å². The van der Waals surface area contributed by atoms with Crippen molar-refractivity contribution in [1.82, 2.24) is 15.3 Å². The topological polar surface area (TPSA) is 40.7 Å². The number of nitrogens with one attached hydrogen (secondary N) is 2. The third kappa shape index (κ3) is 2.85. The zero-order valence-electron chi connectivity index (χ0n) is 10.4. The molecule has 2 N–H and O–H groups in total. The maximum absolute atomic E-state index is 4.03. The molecule has 1 aliphatic carbocycles. The molecule has 0 spiro atoms. The van der Waals surface area contributed by atoms with Gasteiger partial charge in [-0.25, -0.2) is 4.98 Å². The normalized spacial score (nSPS) is 30.5. The van der Waals surface area contributed by atoms with Crippen molar-refractivity contribution in [2.45, 2.75) is 45.6 Å². The Morgan fingerprint density at radius 2 is 2.31 bits per heavy atom. The van der Waals surface area contributed by atoms with Gasteiger partial charge >= 0.3 is 0 Å². The number of nitrogens with zero attached hydrogens (tertiary/aromatic N) is 1. The fraction of sp³-hybridized carbons (Fsp3) is 0.769. The minimum Gasteiger partial charge on any atom is -0.348 e. The molecule has 3 unspecified atom stereocenters. The van der Waals surface area contributed by atoms with E-state index in [2.05, 4.69) is 29.1 Å². The first-order chi connectivity index (χ1) is 7.77. The summed E-state index contributed by atoms with van der Waals surface area (Å²) in [6.07, 6.45) is 8.84. The SMILES string of the molecule is CC1CCCC(NCCc2cnc[nH]2)C1C. The van der Waals surface area contributed by atoms with Crippen LogP contribution in [0.3, 0.4) is 0 Å². The average molecular weight is 221 g/mol. The van der Waals surface area contributed by atoms with E-state index in [4.69, 9.17) is 0 Å². The lowest BCUT2D eigenvalue weighted by Crippen LogP contribution is -2.41. The van der Waals surface area contributed by atoms with Gasteiger partial charge in [-0.2, -0.15) is 0 Å². The quantitative estimate of drug-likeness (QED) is 0.819. The molecule has 0 saturated heterocycles. The third-order valence-electron chi connectivity index (χ3n) is 4.06. The van der Waals surface area contributed by atoms with Crippen LogP contribution in [-0.4, -0.2) is 22.6 Å². The molecule has 1 heterocycles. The third-order valence-corrected chi connectivity index (χ3v) is 4.06. The second kappa shape index (κ2) is 5.48. The molecular formula is C13H23N3. The molecule has 16 heavy (non-hydrogen) atoms. The Morgan fingerprint density at radius 1 is 1.44 bits per heavy atom. The summed E-state index contributed by atoms with van der Waals surface area (Å²) in [6, 6.07) is 0.715. The number of hydrogen-bond donors (Lipinski definition) is 2. The Hall–Kier alpha value is -0.830. The van der Waals surface area contributed by atoms with E-state index >= 15 is 0 Å². The van der Waals surface area contributed by atoms with Crippen LogP contribution in [0.5, 0.6) is 0 Å². The number of rotatable bonds is 4. The van der Waals surface area contributed by atoms with E-state index in [0.29, 0.717) is 6.04 Å². The molecule has 1 saturated carbocycles. The predicted molar refractivity (Wildman–Crippen MR) is 66.3 cm³/mol. The molecule has 3 nitrogen and oxygen atoms in total. The van der Waals surface area contributed by atoms with Gasteiger partial charge in [0.15, 0.2) is 0 Å². The highest BCUT2D eigenvalue weighted by atomic mass is 14.9. The minimum atomic E-state index is 0.715. The molecule has 1 aromatic rings. The van der Waals surface area contributed by atoms with Crippen LogP contribution >= 0.6 is 0 Å². The van der Waals surface area contributed by atoms with Crippen LogP contribution in [0.2, 0.25) is 0 Å². The van der Waals surface area contributed by atoms with Crippen molar-refractivity contribution >= 4 is 0 Å². The van der Waals surface area contributed by atoms with Gasteiger partial charge in [-0.1, -0.05) is 26.7 Å². The van der Waals surface area contributed by atoms with Gasteiger partial charge < -0.3 is 10.3 Å². The first-order valence-electron chi connectivity index (χ1n) is 6.48. The summed E-state index contributed by atoms with van der Waals surface area (Å²) >= 11 is 0. The Morgan fingerprint density at radius 3 is 3.06 bits per heavy atom. The van der Waals surface area contributed by atoms with E-state index < -0.39 is 0 Å². The number of aromatic amines is 1. The lowest BCUT2D eigenvalue weighted by molar-refractivity contribution is 0.208. The zero-order chi connectivity index (χ0) is 11.4. The van der Waals surface area contributed by atoms with Crippen LogP contribution in [0.1, 0.15) is 38.8 Å². The van der Waals surface area contributed by atoms with E-state index in [0.717, 1.165) is 24.8 Å². The van der Waals surface area contributed by atoms with E-state index in [9.17, 15) is 0 Å². The molecule has 0 radical (unpaired) electrons. The molecule has 0 amide bonds. The summed E-state index contributed by atoms with van der Waals surface area (Å²) < 4.78 is 0. The number of aromatic nitrogens is 2. The fourth-order valence-corrected chi connectivity index (χ4v) is 2.68. The van der Waals surface area contributed by atoms with Gasteiger partial charge in [-0.05, 0) is 18.3 Å². The molecule has 2 rings (SSSR count). The van der Waals surface area contributed by atoms with Crippen LogP contribution in [0.4, 0.5) is 0 Å². The van der Waals surface area contributed by atoms with E-state index in [1.165, 1.54) is 25.0 Å². The number of hydrogen-bond acceptors (Lipinski definition) is 2. The van der Waals surface area contributed by atoms with Crippen molar-refractivity contribution < 1.29 is 0 Å². The Labute approximate surface area is 98.1 Å². The minimum absolute atomic E-state index is 0.715. The van der Waals surface area contributed by atoms with Gasteiger partial charge in [0.1, 0.15) is 0 Å². The molecule has 1 aliphatic rings. The highest BCUT2D eigenvalue weighted by molar-refractivity contribution is 4.95. The molecule has 90 valence electrons. The Balaban J connectivity index is 1.73. The number of H-pyrrole nitrogens is 1. The van der Waals surface area contributed by atoms with Gasteiger partial charge in [-0.15, -0.1) is 0 Å². The first kappa shape index (κ1) is 11.6. The molecule has 0 bridgehead atoms. The molecule has 3 heteroatoms. The van der Waals surface area contributed by atoms with E-state index in [-0.39, 0.29) is 0 Å². The second-order valence-corrected chi connectivity index (χ2v) is 5.15. The Kier molecular flexibility index (Phi) is 3.99. The van der Waals surface area contributed by atoms with Crippen molar-refractivity contribution in [3.05, 3.63) is 18.2 Å². The maximum Gasteiger partial charge on any atom is 0.0921 e. The van der Waals surface area contributed by atoms with Crippen molar-refractivity contribution in [2.24, 2.45) is 11.8 Å². The molecular weight excluding hydrogens is 198 g/mol. The summed E-state index contributed by atoms with van der Waals surface area (Å²) in [4.78, 5) is 7.18. The van der Waals surface area contributed by atoms with Crippen molar-refractivity contribution in [3.8, 4) is 0 Å². The summed E-state index contributed by atoms with van der Waals surface area (Å²) in [7, 11) is 0. The van der Waals surface area contributed by atoms with Crippen molar-refractivity contribution in [1.29, 1.82) is 0 Å². The summed E-state index contributed by atoms with van der Waals surface area (Å²) in [5.74, 6) is 1.69. The second-order valence-electron chi connectivity index (χ2n) is 5.15. The molecule has 1 fully saturated rings. The van der Waals surface area contributed by atoms with Crippen LogP contribution in [-0.2, 0) is 6.42 Å². The van der Waals surface area contributed by atoms with Gasteiger partial charge in [-0.3, -0.25) is 0 Å². The highest BCUT2D eigenvalue weighted by Crippen LogP contribution is 2.29. The number of imidazole rings is 1. The predicted octanol–water partition coefficient (Wildman–Crippen LogP) is 2.37. The van der Waals surface area contributed by atoms with Gasteiger partial charge in [0.05, 0.1) is 6.33 Å².